The summed E-state index contributed by atoms with van der Waals surface area (Å²) in [5.74, 6) is 0.738. The Balaban J connectivity index is 1.30. The normalized spacial score (nSPS) is 21.2. The number of pyridine rings is 1. The number of ether oxygens (including phenoxy) is 1. The number of alkyl halides is 3. The van der Waals surface area contributed by atoms with E-state index in [0.29, 0.717) is 59.9 Å². The van der Waals surface area contributed by atoms with Gasteiger partial charge in [-0.05, 0) is 37.1 Å². The van der Waals surface area contributed by atoms with Crippen molar-refractivity contribution in [2.75, 3.05) is 37.4 Å². The first kappa shape index (κ1) is 24.0. The van der Waals surface area contributed by atoms with Gasteiger partial charge in [0.05, 0.1) is 37.5 Å². The van der Waals surface area contributed by atoms with Crippen molar-refractivity contribution in [2.24, 2.45) is 0 Å². The van der Waals surface area contributed by atoms with E-state index in [1.807, 2.05) is 0 Å². The van der Waals surface area contributed by atoms with Crippen molar-refractivity contribution in [3.05, 3.63) is 24.0 Å². The molecule has 0 aromatic carbocycles. The second-order valence-corrected chi connectivity index (χ2v) is 9.51. The summed E-state index contributed by atoms with van der Waals surface area (Å²) in [6.45, 7) is 3.49. The van der Waals surface area contributed by atoms with Crippen molar-refractivity contribution in [3.63, 3.8) is 0 Å². The molecule has 6 rings (SSSR count). The maximum absolute atomic E-state index is 14.9. The Morgan fingerprint density at radius 2 is 2.05 bits per heavy atom. The highest BCUT2D eigenvalue weighted by molar-refractivity contribution is 6.32. The lowest BCUT2D eigenvalue weighted by Gasteiger charge is -2.42. The Morgan fingerprint density at radius 3 is 2.76 bits per heavy atom. The van der Waals surface area contributed by atoms with Crippen molar-refractivity contribution in [3.8, 4) is 11.3 Å². The predicted octanol–water partition coefficient (Wildman–Crippen LogP) is 1.31. The molecule has 4 aromatic rings. The summed E-state index contributed by atoms with van der Waals surface area (Å²) in [5.41, 5.74) is 8.86. The smallest absolute Gasteiger partial charge is 0.256 e. The molecule has 2 fully saturated rings. The largest absolute Gasteiger partial charge is 0.382 e. The van der Waals surface area contributed by atoms with Crippen LogP contribution >= 0.6 is 0 Å². The third-order valence-electron chi connectivity index (χ3n) is 7.07. The molecule has 2 aliphatic heterocycles. The minimum absolute atomic E-state index is 0.128. The number of aryl methyl sites for hydroxylation is 1. The summed E-state index contributed by atoms with van der Waals surface area (Å²) >= 11 is 0. The molecule has 10 nitrogen and oxygen atoms in total. The Morgan fingerprint density at radius 1 is 1.24 bits per heavy atom. The second kappa shape index (κ2) is 9.17. The molecule has 0 saturated carbocycles. The number of fused-ring (bicyclic) bond motifs is 2. The van der Waals surface area contributed by atoms with Gasteiger partial charge in [-0.25, -0.2) is 27.7 Å². The summed E-state index contributed by atoms with van der Waals surface area (Å²) < 4.78 is 49.2. The molecule has 192 valence electrons. The summed E-state index contributed by atoms with van der Waals surface area (Å²) in [5, 5.41) is 7.54. The van der Waals surface area contributed by atoms with Crippen LogP contribution in [0.3, 0.4) is 0 Å². The monoisotopic (exact) mass is 511 g/mol. The van der Waals surface area contributed by atoms with Gasteiger partial charge in [0.15, 0.2) is 11.5 Å². The molecule has 3 N–H and O–H groups in total. The van der Waals surface area contributed by atoms with Gasteiger partial charge in [0.1, 0.15) is 30.9 Å². The lowest BCUT2D eigenvalue weighted by atomic mass is 10.0. The van der Waals surface area contributed by atoms with Gasteiger partial charge in [-0.1, -0.05) is 0 Å². The molecule has 0 aliphatic carbocycles. The van der Waals surface area contributed by atoms with Crippen LogP contribution in [0.25, 0.3) is 27.9 Å². The lowest BCUT2D eigenvalue weighted by molar-refractivity contribution is -0.0794. The first-order chi connectivity index (χ1) is 17.8. The zero-order valence-corrected chi connectivity index (χ0v) is 20.1. The van der Waals surface area contributed by atoms with Crippen LogP contribution in [0, 0.1) is 6.92 Å². The number of hydrogen-bond acceptors (Lipinski definition) is 8. The molecule has 0 spiro atoms. The third-order valence-corrected chi connectivity index (χ3v) is 7.07. The number of rotatable bonds is 6. The molecule has 2 aliphatic rings. The number of piperidine rings is 1. The van der Waals surface area contributed by atoms with E-state index in [1.165, 1.54) is 9.08 Å². The number of aromatic nitrogens is 6. The van der Waals surface area contributed by atoms with E-state index in [9.17, 15) is 13.2 Å². The zero-order valence-electron chi connectivity index (χ0n) is 20.1. The zero-order chi connectivity index (χ0) is 25.8. The summed E-state index contributed by atoms with van der Waals surface area (Å²) in [6.07, 6.45) is -3.07. The van der Waals surface area contributed by atoms with Gasteiger partial charge in [0.25, 0.3) is 6.43 Å². The molecular weight excluding hydrogens is 486 g/mol. The molecule has 2 unspecified atom stereocenters. The third kappa shape index (κ3) is 4.27. The van der Waals surface area contributed by atoms with Crippen LogP contribution in [0.4, 0.5) is 24.9 Å². The average molecular weight is 511 g/mol. The summed E-state index contributed by atoms with van der Waals surface area (Å²) in [7, 11) is 6.25. The number of nitrogens with two attached hydrogens (primary N) is 1. The number of nitrogen functional groups attached to an aromatic ring is 1. The quantitative estimate of drug-likeness (QED) is 0.373. The number of halogens is 3. The van der Waals surface area contributed by atoms with Gasteiger partial charge < -0.3 is 20.4 Å². The Bertz CT molecular complexity index is 1470. The van der Waals surface area contributed by atoms with Crippen molar-refractivity contribution < 1.29 is 17.9 Å². The van der Waals surface area contributed by atoms with E-state index in [0.717, 1.165) is 6.54 Å². The fourth-order valence-electron chi connectivity index (χ4n) is 5.06. The van der Waals surface area contributed by atoms with E-state index < -0.39 is 25.2 Å². The number of nitrogens with zero attached hydrogens (tertiary/aromatic N) is 7. The van der Waals surface area contributed by atoms with E-state index in [1.54, 1.807) is 25.1 Å². The fraction of sp³-hybridized carbons (Fsp3) is 0.478. The molecule has 37 heavy (non-hydrogen) atoms. The van der Waals surface area contributed by atoms with Gasteiger partial charge in [0.2, 0.25) is 5.95 Å². The van der Waals surface area contributed by atoms with E-state index in [-0.39, 0.29) is 23.4 Å². The number of hydrogen-bond donors (Lipinski definition) is 2. The molecule has 2 atom stereocenters. The topological polar surface area (TPSA) is 111 Å². The van der Waals surface area contributed by atoms with Gasteiger partial charge in [-0.2, -0.15) is 4.98 Å². The molecular formula is C23H25BF3N9O. The van der Waals surface area contributed by atoms with Crippen molar-refractivity contribution in [1.29, 1.82) is 0 Å². The SMILES string of the molecule is [B]c1cc(-c2ccc3nc(C)n(CC(F)F)c3n2)c2c(N)nc(NC3CCN(C4COC4)CC3F)nn12. The number of nitrogens with one attached hydrogen (secondary N) is 1. The van der Waals surface area contributed by atoms with Crippen molar-refractivity contribution in [1.82, 2.24) is 34.0 Å². The first-order valence-corrected chi connectivity index (χ1v) is 12.1. The van der Waals surface area contributed by atoms with Crippen molar-refractivity contribution >= 4 is 41.9 Å². The van der Waals surface area contributed by atoms with Crippen LogP contribution in [0.2, 0.25) is 0 Å². The Hall–Kier alpha value is -3.39. The van der Waals surface area contributed by atoms with Crippen LogP contribution in [0.15, 0.2) is 18.2 Å². The van der Waals surface area contributed by atoms with Crippen LogP contribution < -0.4 is 16.6 Å². The van der Waals surface area contributed by atoms with Crippen LogP contribution in [0.1, 0.15) is 12.2 Å². The number of imidazole rings is 1. The van der Waals surface area contributed by atoms with Crippen molar-refractivity contribution in [2.45, 2.75) is 44.6 Å². The molecule has 0 amide bonds. The van der Waals surface area contributed by atoms with Crippen LogP contribution in [-0.2, 0) is 11.3 Å². The highest BCUT2D eigenvalue weighted by atomic mass is 19.3. The van der Waals surface area contributed by atoms with Gasteiger partial charge in [0, 0.05) is 18.7 Å². The molecule has 14 heteroatoms. The summed E-state index contributed by atoms with van der Waals surface area (Å²) in [6, 6.07) is 4.90. The highest BCUT2D eigenvalue weighted by Gasteiger charge is 2.35. The molecule has 4 aromatic heterocycles. The first-order valence-electron chi connectivity index (χ1n) is 12.1. The minimum Gasteiger partial charge on any atom is -0.382 e. The van der Waals surface area contributed by atoms with Crippen LogP contribution in [-0.4, -0.2) is 92.9 Å². The van der Waals surface area contributed by atoms with Gasteiger partial charge in [-0.15, -0.1) is 5.10 Å². The van der Waals surface area contributed by atoms with E-state index >= 15 is 0 Å². The highest BCUT2D eigenvalue weighted by Crippen LogP contribution is 2.29. The number of likely N-dealkylation sites (tertiary alicyclic amines) is 1. The maximum Gasteiger partial charge on any atom is 0.256 e. The van der Waals surface area contributed by atoms with Gasteiger partial charge >= 0.3 is 0 Å². The molecule has 0 bridgehead atoms. The standard InChI is InChI=1S/C23H25BF3N9O/c1-11-29-17-3-2-15(30-22(17)35(11)8-19(26)27)13-6-18(24)36-20(13)21(28)32-23(33-36)31-16-4-5-34(7-14(16)25)12-9-37-10-12/h2-3,6,12,14,16,19H,4-5,7-10H2,1H3,(H3,28,31,32,33). The van der Waals surface area contributed by atoms with E-state index in [4.69, 9.17) is 18.3 Å². The van der Waals surface area contributed by atoms with E-state index in [2.05, 4.69) is 30.3 Å². The second-order valence-electron chi connectivity index (χ2n) is 9.51. The molecule has 6 heterocycles. The van der Waals surface area contributed by atoms with Gasteiger partial charge in [-0.3, -0.25) is 4.90 Å². The fourth-order valence-corrected chi connectivity index (χ4v) is 5.06. The Labute approximate surface area is 211 Å². The average Bonchev–Trinajstić information content (AvgIpc) is 3.30. The van der Waals surface area contributed by atoms with Crippen LogP contribution in [0.5, 0.6) is 0 Å². The molecule has 2 radical (unpaired) electrons. The Kier molecular flexibility index (Phi) is 5.94. The lowest BCUT2D eigenvalue weighted by Crippen LogP contribution is -2.57. The predicted molar refractivity (Wildman–Crippen MR) is 133 cm³/mol. The minimum atomic E-state index is -2.55. The molecule has 2 saturated heterocycles. The maximum atomic E-state index is 14.9. The number of anilines is 2. The summed E-state index contributed by atoms with van der Waals surface area (Å²) in [4.78, 5) is 15.4.